The molecular formula is C23H23N5O4S. The molecule has 0 unspecified atom stereocenters. The highest BCUT2D eigenvalue weighted by molar-refractivity contribution is 7.92. The van der Waals surface area contributed by atoms with Crippen LogP contribution in [0.15, 0.2) is 59.5 Å². The van der Waals surface area contributed by atoms with Crippen molar-refractivity contribution in [3.63, 3.8) is 0 Å². The first kappa shape index (κ1) is 23.7. The average molecular weight is 466 g/mol. The molecule has 0 aliphatic rings. The molecular weight excluding hydrogens is 442 g/mol. The molecule has 0 aliphatic carbocycles. The summed E-state index contributed by atoms with van der Waals surface area (Å²) in [5.74, 6) is -0.685. The lowest BCUT2D eigenvalue weighted by Crippen LogP contribution is -2.31. The van der Waals surface area contributed by atoms with E-state index in [4.69, 9.17) is 0 Å². The summed E-state index contributed by atoms with van der Waals surface area (Å²) < 4.78 is 28.6. The maximum absolute atomic E-state index is 12.6. The molecule has 0 saturated heterocycles. The van der Waals surface area contributed by atoms with E-state index in [2.05, 4.69) is 15.1 Å². The number of carbonyl (C=O) groups is 1. The highest BCUT2D eigenvalue weighted by Gasteiger charge is 2.15. The Hall–Kier alpha value is -3.97. The first-order valence-electron chi connectivity index (χ1n) is 10.1. The minimum Gasteiger partial charge on any atom is -0.324 e. The van der Waals surface area contributed by atoms with Gasteiger partial charge in [0.2, 0.25) is 15.9 Å². The maximum Gasteiger partial charge on any atom is 0.270 e. The number of rotatable bonds is 8. The van der Waals surface area contributed by atoms with Crippen molar-refractivity contribution in [1.82, 2.24) is 9.78 Å². The van der Waals surface area contributed by atoms with Gasteiger partial charge in [-0.15, -0.1) is 0 Å². The first-order valence-corrected chi connectivity index (χ1v) is 11.8. The number of nitrogens with one attached hydrogen (secondary N) is 2. The van der Waals surface area contributed by atoms with Crippen molar-refractivity contribution in [3.05, 3.63) is 87.3 Å². The number of benzene rings is 2. The maximum atomic E-state index is 12.6. The molecule has 0 spiro atoms. The molecule has 2 aromatic carbocycles. The molecule has 1 heterocycles. The lowest BCUT2D eigenvalue weighted by molar-refractivity contribution is -0.117. The number of aryl methyl sites for hydroxylation is 2. The van der Waals surface area contributed by atoms with Crippen molar-refractivity contribution >= 4 is 27.3 Å². The molecule has 0 bridgehead atoms. The summed E-state index contributed by atoms with van der Waals surface area (Å²) in [5.41, 5.74) is 2.19. The van der Waals surface area contributed by atoms with E-state index in [1.54, 1.807) is 13.8 Å². The monoisotopic (exact) mass is 465 g/mol. The SMILES string of the molecule is Cc1cnn(CC(=O)Nc2ccc(C#N)c(NS(=O)(=O)CCc3ccccc3)c2)c(=O)c1C. The third-order valence-corrected chi connectivity index (χ3v) is 6.29. The molecule has 0 saturated carbocycles. The van der Waals surface area contributed by atoms with Crippen molar-refractivity contribution in [2.24, 2.45) is 0 Å². The summed E-state index contributed by atoms with van der Waals surface area (Å²) >= 11 is 0. The standard InChI is InChI=1S/C23H23N5O4S/c1-16-14-25-28(23(30)17(16)2)15-22(29)26-20-9-8-19(13-24)21(12-20)27-33(31,32)11-10-18-6-4-3-5-7-18/h3-9,12,14,27H,10-11,15H2,1-2H3,(H,26,29). The van der Waals surface area contributed by atoms with Crippen LogP contribution in [0.25, 0.3) is 0 Å². The van der Waals surface area contributed by atoms with Crippen molar-refractivity contribution < 1.29 is 13.2 Å². The van der Waals surface area contributed by atoms with Crippen molar-refractivity contribution in [2.75, 3.05) is 15.8 Å². The van der Waals surface area contributed by atoms with Gasteiger partial charge in [-0.05, 0) is 49.6 Å². The zero-order chi connectivity index (χ0) is 24.0. The Bertz CT molecular complexity index is 1380. The van der Waals surface area contributed by atoms with Crippen LogP contribution in [0.3, 0.4) is 0 Å². The van der Waals surface area contributed by atoms with Crippen LogP contribution >= 0.6 is 0 Å². The van der Waals surface area contributed by atoms with E-state index in [-0.39, 0.29) is 34.8 Å². The number of nitriles is 1. The van der Waals surface area contributed by atoms with Crippen molar-refractivity contribution in [2.45, 2.75) is 26.8 Å². The number of amides is 1. The second kappa shape index (κ2) is 10.1. The molecule has 0 aliphatic heterocycles. The number of hydrogen-bond donors (Lipinski definition) is 2. The summed E-state index contributed by atoms with van der Waals surface area (Å²) in [5, 5.41) is 15.9. The number of hydrogen-bond acceptors (Lipinski definition) is 6. The Kier molecular flexibility index (Phi) is 7.25. The van der Waals surface area contributed by atoms with Crippen LogP contribution < -0.4 is 15.6 Å². The fourth-order valence-corrected chi connectivity index (χ4v) is 4.15. The molecule has 0 fully saturated rings. The van der Waals surface area contributed by atoms with Crippen LogP contribution in [0.2, 0.25) is 0 Å². The Morgan fingerprint density at radius 1 is 1.15 bits per heavy atom. The molecule has 2 N–H and O–H groups in total. The minimum atomic E-state index is -3.74. The first-order chi connectivity index (χ1) is 15.7. The van der Waals surface area contributed by atoms with Crippen LogP contribution in [-0.2, 0) is 27.8 Å². The van der Waals surface area contributed by atoms with E-state index in [1.165, 1.54) is 24.4 Å². The average Bonchev–Trinajstić information content (AvgIpc) is 2.79. The molecule has 10 heteroatoms. The number of aromatic nitrogens is 2. The lowest BCUT2D eigenvalue weighted by atomic mass is 10.2. The summed E-state index contributed by atoms with van der Waals surface area (Å²) in [6, 6.07) is 15.4. The Balaban J connectivity index is 1.72. The van der Waals surface area contributed by atoms with Crippen LogP contribution in [0.5, 0.6) is 0 Å². The molecule has 0 atom stereocenters. The zero-order valence-electron chi connectivity index (χ0n) is 18.2. The van der Waals surface area contributed by atoms with Gasteiger partial charge >= 0.3 is 0 Å². The molecule has 0 radical (unpaired) electrons. The largest absolute Gasteiger partial charge is 0.324 e. The quantitative estimate of drug-likeness (QED) is 0.524. The molecule has 1 amide bonds. The molecule has 1 aromatic heterocycles. The van der Waals surface area contributed by atoms with Gasteiger partial charge in [-0.25, -0.2) is 13.1 Å². The van der Waals surface area contributed by atoms with Crippen LogP contribution in [0, 0.1) is 25.2 Å². The molecule has 33 heavy (non-hydrogen) atoms. The lowest BCUT2D eigenvalue weighted by Gasteiger charge is -2.12. The van der Waals surface area contributed by atoms with E-state index < -0.39 is 15.9 Å². The second-order valence-electron chi connectivity index (χ2n) is 7.49. The van der Waals surface area contributed by atoms with Gasteiger partial charge in [0.05, 0.1) is 23.2 Å². The molecule has 3 aromatic rings. The Labute approximate surface area is 191 Å². The number of carbonyl (C=O) groups excluding carboxylic acids is 1. The smallest absolute Gasteiger partial charge is 0.270 e. The zero-order valence-corrected chi connectivity index (χ0v) is 19.0. The van der Waals surface area contributed by atoms with E-state index in [0.29, 0.717) is 12.0 Å². The normalized spacial score (nSPS) is 10.9. The number of anilines is 2. The predicted molar refractivity (Wildman–Crippen MR) is 125 cm³/mol. The summed E-state index contributed by atoms with van der Waals surface area (Å²) in [4.78, 5) is 24.7. The van der Waals surface area contributed by atoms with Gasteiger partial charge < -0.3 is 5.32 Å². The van der Waals surface area contributed by atoms with Gasteiger partial charge in [0.25, 0.3) is 5.56 Å². The van der Waals surface area contributed by atoms with Crippen LogP contribution in [-0.4, -0.2) is 29.9 Å². The third kappa shape index (κ3) is 6.27. The number of nitrogens with zero attached hydrogens (tertiary/aromatic N) is 3. The fourth-order valence-electron chi connectivity index (χ4n) is 3.04. The van der Waals surface area contributed by atoms with Gasteiger partial charge in [0.1, 0.15) is 12.6 Å². The highest BCUT2D eigenvalue weighted by atomic mass is 32.2. The van der Waals surface area contributed by atoms with E-state index in [0.717, 1.165) is 15.8 Å². The van der Waals surface area contributed by atoms with Crippen molar-refractivity contribution in [3.8, 4) is 6.07 Å². The van der Waals surface area contributed by atoms with Gasteiger partial charge in [0.15, 0.2) is 0 Å². The Morgan fingerprint density at radius 3 is 2.58 bits per heavy atom. The van der Waals surface area contributed by atoms with Crippen molar-refractivity contribution in [1.29, 1.82) is 5.26 Å². The Morgan fingerprint density at radius 2 is 1.88 bits per heavy atom. The number of sulfonamides is 1. The summed E-state index contributed by atoms with van der Waals surface area (Å²) in [7, 11) is -3.74. The molecule has 170 valence electrons. The predicted octanol–water partition coefficient (Wildman–Crippen LogP) is 2.35. The van der Waals surface area contributed by atoms with Crippen LogP contribution in [0.1, 0.15) is 22.3 Å². The van der Waals surface area contributed by atoms with Gasteiger partial charge in [-0.3, -0.25) is 14.3 Å². The van der Waals surface area contributed by atoms with Crippen LogP contribution in [0.4, 0.5) is 11.4 Å². The third-order valence-electron chi connectivity index (χ3n) is 5.02. The summed E-state index contributed by atoms with van der Waals surface area (Å²) in [6.45, 7) is 3.11. The van der Waals surface area contributed by atoms with E-state index in [9.17, 15) is 23.3 Å². The van der Waals surface area contributed by atoms with Gasteiger partial charge in [-0.2, -0.15) is 10.4 Å². The second-order valence-corrected chi connectivity index (χ2v) is 9.33. The highest BCUT2D eigenvalue weighted by Crippen LogP contribution is 2.22. The van der Waals surface area contributed by atoms with E-state index in [1.807, 2.05) is 36.4 Å². The molecule has 9 nitrogen and oxygen atoms in total. The minimum absolute atomic E-state index is 0.0600. The topological polar surface area (TPSA) is 134 Å². The van der Waals surface area contributed by atoms with Gasteiger partial charge in [0, 0.05) is 11.3 Å². The summed E-state index contributed by atoms with van der Waals surface area (Å²) in [6.07, 6.45) is 1.82. The van der Waals surface area contributed by atoms with E-state index >= 15 is 0 Å². The fraction of sp³-hybridized carbons (Fsp3) is 0.217. The molecule has 3 rings (SSSR count). The van der Waals surface area contributed by atoms with Gasteiger partial charge in [-0.1, -0.05) is 30.3 Å².